The van der Waals surface area contributed by atoms with Crippen molar-refractivity contribution >= 4 is 11.8 Å². The molecule has 0 bridgehead atoms. The summed E-state index contributed by atoms with van der Waals surface area (Å²) in [4.78, 5) is 26.9. The van der Waals surface area contributed by atoms with E-state index in [2.05, 4.69) is 61.0 Å². The minimum absolute atomic E-state index is 0.151. The number of aromatic nitrogens is 1. The van der Waals surface area contributed by atoms with Crippen molar-refractivity contribution in [3.63, 3.8) is 0 Å². The van der Waals surface area contributed by atoms with Gasteiger partial charge >= 0.3 is 5.97 Å². The van der Waals surface area contributed by atoms with Gasteiger partial charge in [0.1, 0.15) is 11.4 Å². The Morgan fingerprint density at radius 3 is 1.93 bits per heavy atom. The number of ether oxygens (including phenoxy) is 2. The molecular weight excluding hydrogens is 514 g/mol. The van der Waals surface area contributed by atoms with Crippen molar-refractivity contribution in [2.75, 3.05) is 70.9 Å². The summed E-state index contributed by atoms with van der Waals surface area (Å²) >= 11 is 0. The lowest BCUT2D eigenvalue weighted by Gasteiger charge is -2.36. The van der Waals surface area contributed by atoms with Crippen LogP contribution in [0.5, 0.6) is 0 Å². The number of rotatable bonds is 10. The standard InChI is InChI=1S/C33H45N5O3/c1-26(2)41-33(39)31-5-4-14-34-32(31)38-21-19-37(20-22-38)24-28-8-6-27(7-9-28)23-35-15-17-36(18-16-35)25-29-10-12-30(40-3)13-11-29/h4-10,12,14,26H,11,13,15-25H2,1-3H3. The molecule has 2 aromatic rings. The van der Waals surface area contributed by atoms with Gasteiger partial charge in [0.15, 0.2) is 0 Å². The van der Waals surface area contributed by atoms with Gasteiger partial charge in [-0.3, -0.25) is 14.7 Å². The Kier molecular flexibility index (Phi) is 10.1. The van der Waals surface area contributed by atoms with Crippen molar-refractivity contribution in [1.82, 2.24) is 19.7 Å². The van der Waals surface area contributed by atoms with E-state index in [-0.39, 0.29) is 12.1 Å². The Morgan fingerprint density at radius 2 is 1.39 bits per heavy atom. The molecule has 220 valence electrons. The van der Waals surface area contributed by atoms with E-state index in [0.717, 1.165) is 96.4 Å². The summed E-state index contributed by atoms with van der Waals surface area (Å²) in [5, 5.41) is 0. The van der Waals surface area contributed by atoms with Gasteiger partial charge in [0.2, 0.25) is 0 Å². The number of anilines is 1. The molecule has 41 heavy (non-hydrogen) atoms. The van der Waals surface area contributed by atoms with E-state index >= 15 is 0 Å². The third-order valence-electron chi connectivity index (χ3n) is 8.21. The smallest absolute Gasteiger partial charge is 0.342 e. The highest BCUT2D eigenvalue weighted by Crippen LogP contribution is 2.22. The molecular formula is C33H45N5O3. The fourth-order valence-corrected chi connectivity index (χ4v) is 5.83. The zero-order valence-electron chi connectivity index (χ0n) is 24.9. The van der Waals surface area contributed by atoms with Gasteiger partial charge < -0.3 is 14.4 Å². The van der Waals surface area contributed by atoms with Crippen LogP contribution >= 0.6 is 0 Å². The van der Waals surface area contributed by atoms with Crippen molar-refractivity contribution in [1.29, 1.82) is 0 Å². The molecule has 1 aliphatic carbocycles. The van der Waals surface area contributed by atoms with Gasteiger partial charge in [-0.15, -0.1) is 0 Å². The molecule has 0 saturated carbocycles. The molecule has 5 rings (SSSR count). The van der Waals surface area contributed by atoms with E-state index in [1.165, 1.54) is 16.7 Å². The predicted octanol–water partition coefficient (Wildman–Crippen LogP) is 4.34. The van der Waals surface area contributed by atoms with Crippen LogP contribution in [0.2, 0.25) is 0 Å². The van der Waals surface area contributed by atoms with Gasteiger partial charge in [-0.05, 0) is 49.6 Å². The van der Waals surface area contributed by atoms with Crippen LogP contribution in [0.15, 0.2) is 66.1 Å². The highest BCUT2D eigenvalue weighted by atomic mass is 16.5. The van der Waals surface area contributed by atoms with E-state index in [1.54, 1.807) is 19.4 Å². The first-order valence-corrected chi connectivity index (χ1v) is 15.1. The van der Waals surface area contributed by atoms with Crippen LogP contribution in [0, 0.1) is 0 Å². The van der Waals surface area contributed by atoms with E-state index in [9.17, 15) is 4.79 Å². The molecule has 8 heteroatoms. The van der Waals surface area contributed by atoms with Gasteiger partial charge in [0, 0.05) is 84.6 Å². The molecule has 8 nitrogen and oxygen atoms in total. The minimum atomic E-state index is -0.302. The van der Waals surface area contributed by atoms with E-state index in [4.69, 9.17) is 9.47 Å². The van der Waals surface area contributed by atoms with Crippen molar-refractivity contribution < 1.29 is 14.3 Å². The van der Waals surface area contributed by atoms with Crippen molar-refractivity contribution in [3.05, 3.63) is 82.8 Å². The number of pyridine rings is 1. The highest BCUT2D eigenvalue weighted by molar-refractivity contribution is 5.94. The third-order valence-corrected chi connectivity index (χ3v) is 8.21. The van der Waals surface area contributed by atoms with E-state index in [0.29, 0.717) is 5.56 Å². The van der Waals surface area contributed by atoms with Gasteiger partial charge in [0.25, 0.3) is 0 Å². The Hall–Kier alpha value is -3.20. The first-order chi connectivity index (χ1) is 20.0. The van der Waals surface area contributed by atoms with Crippen LogP contribution in [-0.4, -0.2) is 97.8 Å². The summed E-state index contributed by atoms with van der Waals surface area (Å²) < 4.78 is 10.8. The molecule has 0 N–H and O–H groups in total. The zero-order valence-corrected chi connectivity index (χ0v) is 24.9. The summed E-state index contributed by atoms with van der Waals surface area (Å²) in [5.41, 5.74) is 4.79. The zero-order chi connectivity index (χ0) is 28.6. The van der Waals surface area contributed by atoms with Gasteiger partial charge in [0.05, 0.1) is 19.0 Å². The molecule has 1 aromatic carbocycles. The molecule has 0 unspecified atom stereocenters. The second kappa shape index (κ2) is 14.1. The average Bonchev–Trinajstić information content (AvgIpc) is 2.99. The lowest BCUT2D eigenvalue weighted by atomic mass is 10.0. The normalized spacial score (nSPS) is 19.2. The predicted molar refractivity (Wildman–Crippen MR) is 163 cm³/mol. The number of carbonyl (C=O) groups is 1. The number of hydrogen-bond acceptors (Lipinski definition) is 8. The fourth-order valence-electron chi connectivity index (χ4n) is 5.83. The van der Waals surface area contributed by atoms with Crippen LogP contribution in [0.25, 0.3) is 0 Å². The number of piperazine rings is 2. The largest absolute Gasteiger partial charge is 0.501 e. The van der Waals surface area contributed by atoms with E-state index in [1.807, 2.05) is 19.9 Å². The number of nitrogens with zero attached hydrogens (tertiary/aromatic N) is 5. The lowest BCUT2D eigenvalue weighted by molar-refractivity contribution is 0.0378. The lowest BCUT2D eigenvalue weighted by Crippen LogP contribution is -2.46. The molecule has 1 aromatic heterocycles. The van der Waals surface area contributed by atoms with Crippen molar-refractivity contribution in [2.45, 2.75) is 45.9 Å². The summed E-state index contributed by atoms with van der Waals surface area (Å²) in [6, 6.07) is 12.8. The maximum absolute atomic E-state index is 12.6. The van der Waals surface area contributed by atoms with Crippen LogP contribution in [-0.2, 0) is 22.6 Å². The summed E-state index contributed by atoms with van der Waals surface area (Å²) in [5.74, 6) is 1.52. The molecule has 2 fully saturated rings. The molecule has 3 heterocycles. The number of benzene rings is 1. The Morgan fingerprint density at radius 1 is 0.805 bits per heavy atom. The summed E-state index contributed by atoms with van der Waals surface area (Å²) in [7, 11) is 1.76. The summed E-state index contributed by atoms with van der Waals surface area (Å²) in [6.45, 7) is 14.8. The monoisotopic (exact) mass is 559 g/mol. The highest BCUT2D eigenvalue weighted by Gasteiger charge is 2.24. The number of allylic oxidation sites excluding steroid dienone is 3. The quantitative estimate of drug-likeness (QED) is 0.399. The Bertz CT molecular complexity index is 1210. The number of carbonyl (C=O) groups excluding carboxylic acids is 1. The Labute approximate surface area is 245 Å². The van der Waals surface area contributed by atoms with Crippen LogP contribution in [0.3, 0.4) is 0 Å². The van der Waals surface area contributed by atoms with Gasteiger partial charge in [-0.2, -0.15) is 0 Å². The maximum Gasteiger partial charge on any atom is 0.342 e. The topological polar surface area (TPSA) is 61.4 Å². The first-order valence-electron chi connectivity index (χ1n) is 15.1. The minimum Gasteiger partial charge on any atom is -0.501 e. The molecule has 0 atom stereocenters. The average molecular weight is 560 g/mol. The van der Waals surface area contributed by atoms with Crippen molar-refractivity contribution in [2.24, 2.45) is 0 Å². The van der Waals surface area contributed by atoms with Crippen LogP contribution < -0.4 is 4.90 Å². The summed E-state index contributed by atoms with van der Waals surface area (Å²) in [6.07, 6.45) is 8.12. The molecule has 0 radical (unpaired) electrons. The Balaban J connectivity index is 1.05. The first kappa shape index (κ1) is 29.3. The third kappa shape index (κ3) is 8.18. The van der Waals surface area contributed by atoms with Gasteiger partial charge in [-0.1, -0.05) is 35.9 Å². The molecule has 2 aliphatic heterocycles. The number of methoxy groups -OCH3 is 1. The van der Waals surface area contributed by atoms with E-state index < -0.39 is 0 Å². The molecule has 3 aliphatic rings. The molecule has 0 amide bonds. The fraction of sp³-hybridized carbons (Fsp3) is 0.515. The van der Waals surface area contributed by atoms with Crippen LogP contribution in [0.4, 0.5) is 5.82 Å². The second-order valence-electron chi connectivity index (χ2n) is 11.6. The number of esters is 1. The molecule has 2 saturated heterocycles. The van der Waals surface area contributed by atoms with Crippen LogP contribution in [0.1, 0.15) is 48.2 Å². The maximum atomic E-state index is 12.6. The number of hydrogen-bond donors (Lipinski definition) is 0. The second-order valence-corrected chi connectivity index (χ2v) is 11.6. The van der Waals surface area contributed by atoms with Crippen molar-refractivity contribution in [3.8, 4) is 0 Å². The molecule has 0 spiro atoms. The van der Waals surface area contributed by atoms with Gasteiger partial charge in [-0.25, -0.2) is 9.78 Å². The SMILES string of the molecule is COC1=CC=C(CN2CCN(Cc3ccc(CN4CCN(c5ncccc5C(=O)OC(C)C)CC4)cc3)CC2)CC1.